The number of furan rings is 1. The molecule has 100 valence electrons. The molecule has 19 heavy (non-hydrogen) atoms. The van der Waals surface area contributed by atoms with Gasteiger partial charge in [-0.3, -0.25) is 0 Å². The van der Waals surface area contributed by atoms with Gasteiger partial charge in [0.15, 0.2) is 0 Å². The molecule has 2 aromatic rings. The molecule has 1 aromatic carbocycles. The van der Waals surface area contributed by atoms with Crippen LogP contribution in [0, 0.1) is 5.82 Å². The molecule has 0 aliphatic rings. The van der Waals surface area contributed by atoms with Gasteiger partial charge in [-0.05, 0) is 24.3 Å². The molecule has 0 spiro atoms. The van der Waals surface area contributed by atoms with Crippen LogP contribution in [0.5, 0.6) is 0 Å². The molecule has 4 nitrogen and oxygen atoms in total. The highest BCUT2D eigenvalue weighted by atomic mass is 35.5. The minimum Gasteiger partial charge on any atom is -0.463 e. The number of halogens is 2. The minimum absolute atomic E-state index is 0.0160. The number of nitrogens with two attached hydrogens (primary N) is 1. The SMILES string of the molecule is COC(=O)c1ccc(C(N)c2ccc(Cl)cc2F)o1. The van der Waals surface area contributed by atoms with E-state index in [0.29, 0.717) is 0 Å². The third-order valence-corrected chi connectivity index (χ3v) is 2.85. The van der Waals surface area contributed by atoms with Crippen molar-refractivity contribution < 1.29 is 18.3 Å². The van der Waals surface area contributed by atoms with Gasteiger partial charge in [-0.2, -0.15) is 0 Å². The number of esters is 1. The summed E-state index contributed by atoms with van der Waals surface area (Å²) in [5.41, 5.74) is 6.12. The molecule has 0 fully saturated rings. The van der Waals surface area contributed by atoms with E-state index in [2.05, 4.69) is 4.74 Å². The summed E-state index contributed by atoms with van der Waals surface area (Å²) < 4.78 is 23.5. The number of carbonyl (C=O) groups is 1. The fourth-order valence-electron chi connectivity index (χ4n) is 1.64. The Morgan fingerprint density at radius 3 is 2.79 bits per heavy atom. The summed E-state index contributed by atoms with van der Waals surface area (Å²) in [6, 6.07) is 6.28. The Morgan fingerprint density at radius 2 is 2.16 bits per heavy atom. The molecule has 0 amide bonds. The minimum atomic E-state index is -0.823. The van der Waals surface area contributed by atoms with Crippen LogP contribution in [0.15, 0.2) is 34.7 Å². The molecule has 1 heterocycles. The van der Waals surface area contributed by atoms with E-state index in [1.54, 1.807) is 0 Å². The normalized spacial score (nSPS) is 12.2. The maximum Gasteiger partial charge on any atom is 0.373 e. The van der Waals surface area contributed by atoms with Crippen LogP contribution >= 0.6 is 11.6 Å². The third-order valence-electron chi connectivity index (χ3n) is 2.62. The van der Waals surface area contributed by atoms with E-state index in [9.17, 15) is 9.18 Å². The Morgan fingerprint density at radius 1 is 1.42 bits per heavy atom. The van der Waals surface area contributed by atoms with Crippen molar-refractivity contribution in [1.82, 2.24) is 0 Å². The zero-order valence-electron chi connectivity index (χ0n) is 10.0. The monoisotopic (exact) mass is 283 g/mol. The Bertz CT molecular complexity index is 612. The second kappa shape index (κ2) is 5.42. The maximum absolute atomic E-state index is 13.7. The van der Waals surface area contributed by atoms with Gasteiger partial charge in [0, 0.05) is 10.6 Å². The van der Waals surface area contributed by atoms with Crippen LogP contribution in [-0.4, -0.2) is 13.1 Å². The second-order valence-corrected chi connectivity index (χ2v) is 4.27. The molecule has 0 aliphatic heterocycles. The van der Waals surface area contributed by atoms with Gasteiger partial charge in [-0.1, -0.05) is 17.7 Å². The van der Waals surface area contributed by atoms with E-state index < -0.39 is 17.8 Å². The predicted octanol–water partition coefficient (Wildman–Crippen LogP) is 2.91. The van der Waals surface area contributed by atoms with Crippen molar-refractivity contribution in [3.63, 3.8) is 0 Å². The molecule has 0 saturated heterocycles. The Balaban J connectivity index is 2.31. The summed E-state index contributed by atoms with van der Waals surface area (Å²) in [4.78, 5) is 11.2. The van der Waals surface area contributed by atoms with E-state index in [4.69, 9.17) is 21.8 Å². The van der Waals surface area contributed by atoms with Crippen LogP contribution < -0.4 is 5.73 Å². The molecular formula is C13H11ClFNO3. The summed E-state index contributed by atoms with van der Waals surface area (Å²) in [5.74, 6) is -0.866. The molecule has 0 bridgehead atoms. The van der Waals surface area contributed by atoms with Crippen LogP contribution in [-0.2, 0) is 4.74 Å². The number of rotatable bonds is 3. The van der Waals surface area contributed by atoms with Crippen molar-refractivity contribution in [2.75, 3.05) is 7.11 Å². The lowest BCUT2D eigenvalue weighted by molar-refractivity contribution is 0.0562. The molecule has 1 aromatic heterocycles. The first-order valence-corrected chi connectivity index (χ1v) is 5.79. The number of carbonyl (C=O) groups excluding carboxylic acids is 1. The Labute approximate surface area is 113 Å². The Kier molecular flexibility index (Phi) is 3.87. The number of methoxy groups -OCH3 is 1. The van der Waals surface area contributed by atoms with Crippen LogP contribution in [0.4, 0.5) is 4.39 Å². The molecule has 0 saturated carbocycles. The lowest BCUT2D eigenvalue weighted by atomic mass is 10.1. The molecule has 1 unspecified atom stereocenters. The van der Waals surface area contributed by atoms with Gasteiger partial charge in [0.2, 0.25) is 5.76 Å². The Hall–Kier alpha value is -1.85. The zero-order chi connectivity index (χ0) is 14.0. The lowest BCUT2D eigenvalue weighted by Crippen LogP contribution is -2.13. The van der Waals surface area contributed by atoms with Crippen molar-refractivity contribution >= 4 is 17.6 Å². The summed E-state index contributed by atoms with van der Waals surface area (Å²) in [6.07, 6.45) is 0. The van der Waals surface area contributed by atoms with E-state index in [-0.39, 0.29) is 22.1 Å². The van der Waals surface area contributed by atoms with Gasteiger partial charge >= 0.3 is 5.97 Å². The van der Waals surface area contributed by atoms with Gasteiger partial charge in [-0.25, -0.2) is 9.18 Å². The topological polar surface area (TPSA) is 65.5 Å². The smallest absolute Gasteiger partial charge is 0.373 e. The van der Waals surface area contributed by atoms with Gasteiger partial charge < -0.3 is 14.9 Å². The number of benzene rings is 1. The maximum atomic E-state index is 13.7. The molecule has 6 heteroatoms. The average molecular weight is 284 g/mol. The number of ether oxygens (including phenoxy) is 1. The van der Waals surface area contributed by atoms with E-state index in [1.807, 2.05) is 0 Å². The first-order chi connectivity index (χ1) is 9.02. The summed E-state index contributed by atoms with van der Waals surface area (Å²) in [5, 5.41) is 0.281. The third kappa shape index (κ3) is 2.77. The molecule has 0 aliphatic carbocycles. The average Bonchev–Trinajstić information content (AvgIpc) is 2.86. The standard InChI is InChI=1S/C13H11ClFNO3/c1-18-13(17)11-5-4-10(19-11)12(16)8-3-2-7(14)6-9(8)15/h2-6,12H,16H2,1H3. The highest BCUT2D eigenvalue weighted by Crippen LogP contribution is 2.26. The van der Waals surface area contributed by atoms with Gasteiger partial charge in [0.1, 0.15) is 11.6 Å². The predicted molar refractivity (Wildman–Crippen MR) is 67.5 cm³/mol. The van der Waals surface area contributed by atoms with Gasteiger partial charge in [0.25, 0.3) is 0 Å². The zero-order valence-corrected chi connectivity index (χ0v) is 10.8. The van der Waals surface area contributed by atoms with E-state index >= 15 is 0 Å². The molecule has 2 N–H and O–H groups in total. The summed E-state index contributed by atoms with van der Waals surface area (Å²) in [7, 11) is 1.24. The highest BCUT2D eigenvalue weighted by Gasteiger charge is 2.19. The first kappa shape index (κ1) is 13.6. The van der Waals surface area contributed by atoms with E-state index in [1.165, 1.54) is 37.4 Å². The molecule has 0 radical (unpaired) electrons. The van der Waals surface area contributed by atoms with Crippen molar-refractivity contribution in [3.05, 3.63) is 58.3 Å². The fourth-order valence-corrected chi connectivity index (χ4v) is 1.80. The number of hydrogen-bond acceptors (Lipinski definition) is 4. The van der Waals surface area contributed by atoms with Gasteiger partial charge in [0.05, 0.1) is 13.2 Å². The highest BCUT2D eigenvalue weighted by molar-refractivity contribution is 6.30. The van der Waals surface area contributed by atoms with Crippen LogP contribution in [0.1, 0.15) is 27.9 Å². The van der Waals surface area contributed by atoms with Crippen molar-refractivity contribution in [1.29, 1.82) is 0 Å². The second-order valence-electron chi connectivity index (χ2n) is 3.84. The van der Waals surface area contributed by atoms with Gasteiger partial charge in [-0.15, -0.1) is 0 Å². The summed E-state index contributed by atoms with van der Waals surface area (Å²) >= 11 is 5.67. The lowest BCUT2D eigenvalue weighted by Gasteiger charge is -2.10. The van der Waals surface area contributed by atoms with E-state index in [0.717, 1.165) is 0 Å². The molecule has 1 atom stereocenters. The molecule has 2 rings (SSSR count). The summed E-state index contributed by atoms with van der Waals surface area (Å²) in [6.45, 7) is 0. The first-order valence-electron chi connectivity index (χ1n) is 5.41. The number of hydrogen-bond donors (Lipinski definition) is 1. The largest absolute Gasteiger partial charge is 0.463 e. The van der Waals surface area contributed by atoms with Crippen molar-refractivity contribution in [2.45, 2.75) is 6.04 Å². The van der Waals surface area contributed by atoms with Crippen molar-refractivity contribution in [2.24, 2.45) is 5.73 Å². The van der Waals surface area contributed by atoms with Crippen molar-refractivity contribution in [3.8, 4) is 0 Å². The van der Waals surface area contributed by atoms with Crippen LogP contribution in [0.3, 0.4) is 0 Å². The quantitative estimate of drug-likeness (QED) is 0.880. The van der Waals surface area contributed by atoms with Crippen LogP contribution in [0.25, 0.3) is 0 Å². The molecular weight excluding hydrogens is 273 g/mol. The fraction of sp³-hybridized carbons (Fsp3) is 0.154. The van der Waals surface area contributed by atoms with Crippen LogP contribution in [0.2, 0.25) is 5.02 Å².